The van der Waals surface area contributed by atoms with Gasteiger partial charge in [-0.05, 0) is 0 Å². The summed E-state index contributed by atoms with van der Waals surface area (Å²) in [4.78, 5) is 0. The molecule has 0 atom stereocenters. The van der Waals surface area contributed by atoms with Gasteiger partial charge in [0.1, 0.15) is 0 Å². The molecule has 0 heterocycles. The summed E-state index contributed by atoms with van der Waals surface area (Å²) in [5.74, 6) is -1.65. The van der Waals surface area contributed by atoms with Gasteiger partial charge in [0.05, 0.1) is 0 Å². The predicted molar refractivity (Wildman–Crippen MR) is 90.9 cm³/mol. The van der Waals surface area contributed by atoms with E-state index in [0.29, 0.717) is 0 Å². The van der Waals surface area contributed by atoms with Crippen LogP contribution in [0.25, 0.3) is 0 Å². The molecule has 0 N–H and O–H groups in total. The first-order valence-electron chi connectivity index (χ1n) is 6.59. The quantitative estimate of drug-likeness (QED) is 0.507. The van der Waals surface area contributed by atoms with Crippen LogP contribution >= 0.6 is 5.95 Å². The zero-order chi connectivity index (χ0) is 13.8. The molecule has 0 aliphatic heterocycles. The van der Waals surface area contributed by atoms with Crippen LogP contribution in [0.2, 0.25) is 0 Å². The Balaban J connectivity index is 2.24. The third-order valence-electron chi connectivity index (χ3n) is 3.36. The van der Waals surface area contributed by atoms with Crippen molar-refractivity contribution in [2.24, 2.45) is 0 Å². The molecule has 0 aliphatic rings. The zero-order valence-corrected chi connectivity index (χ0v) is 13.6. The van der Waals surface area contributed by atoms with Crippen molar-refractivity contribution in [2.45, 2.75) is 0 Å². The second-order valence-corrected chi connectivity index (χ2v) is 10.8. The van der Waals surface area contributed by atoms with E-state index in [1.165, 1.54) is 15.9 Å². The minimum atomic E-state index is -1.65. The molecule has 0 spiro atoms. The van der Waals surface area contributed by atoms with Gasteiger partial charge in [0.25, 0.3) is 0 Å². The van der Waals surface area contributed by atoms with E-state index in [2.05, 4.69) is 107 Å². The third kappa shape index (κ3) is 2.45. The summed E-state index contributed by atoms with van der Waals surface area (Å²) in [6, 6.07) is 32.3. The van der Waals surface area contributed by atoms with Crippen molar-refractivity contribution in [1.82, 2.24) is 0 Å². The van der Waals surface area contributed by atoms with Gasteiger partial charge >= 0.3 is 128 Å². The molecule has 20 heavy (non-hydrogen) atoms. The van der Waals surface area contributed by atoms with Crippen LogP contribution in [0.15, 0.2) is 91.0 Å². The molecule has 3 rings (SSSR count). The summed E-state index contributed by atoms with van der Waals surface area (Å²) in [5, 5.41) is 4.12. The van der Waals surface area contributed by atoms with Gasteiger partial charge in [-0.3, -0.25) is 0 Å². The number of rotatable bonds is 3. The van der Waals surface area contributed by atoms with E-state index in [1.807, 2.05) is 0 Å². The zero-order valence-electron chi connectivity index (χ0n) is 11.0. The molecule has 0 aromatic heterocycles. The first kappa shape index (κ1) is 13.6. The van der Waals surface area contributed by atoms with Crippen LogP contribution in [0.4, 0.5) is 0 Å². The van der Waals surface area contributed by atoms with Gasteiger partial charge in [-0.2, -0.15) is 0 Å². The van der Waals surface area contributed by atoms with Gasteiger partial charge < -0.3 is 0 Å². The standard InChI is InChI=1S/C18H15PSe/c20-19(16-10-4-1-5-11-16,17-12-6-2-7-13-17)18-14-8-3-9-15-18/h1-15H/q+1. The molecular formula is C18H15PSe+. The van der Waals surface area contributed by atoms with Gasteiger partial charge in [-0.25, -0.2) is 0 Å². The second kappa shape index (κ2) is 5.94. The Morgan fingerprint density at radius 3 is 0.950 bits per heavy atom. The van der Waals surface area contributed by atoms with Crippen LogP contribution in [-0.2, 0) is 0 Å². The van der Waals surface area contributed by atoms with Crippen molar-refractivity contribution in [3.05, 3.63) is 91.0 Å². The number of hydrogen-bond donors (Lipinski definition) is 0. The van der Waals surface area contributed by atoms with Gasteiger partial charge in [-0.15, -0.1) is 0 Å². The first-order valence-corrected chi connectivity index (χ1v) is 10.6. The summed E-state index contributed by atoms with van der Waals surface area (Å²) in [7, 11) is 0. The fraction of sp³-hybridized carbons (Fsp3) is 0. The maximum absolute atomic E-state index is 3.55. The Kier molecular flexibility index (Phi) is 4.03. The molecule has 0 aliphatic carbocycles. The molecule has 0 bridgehead atoms. The average molecular weight is 341 g/mol. The van der Waals surface area contributed by atoms with E-state index in [-0.39, 0.29) is 0 Å². The van der Waals surface area contributed by atoms with Gasteiger partial charge in [0.15, 0.2) is 0 Å². The molecule has 0 nitrogen and oxygen atoms in total. The molecule has 3 aromatic rings. The van der Waals surface area contributed by atoms with Crippen LogP contribution in [0.5, 0.6) is 0 Å². The fourth-order valence-corrected chi connectivity index (χ4v) is 7.33. The Morgan fingerprint density at radius 2 is 0.700 bits per heavy atom. The van der Waals surface area contributed by atoms with Crippen molar-refractivity contribution in [1.29, 1.82) is 0 Å². The van der Waals surface area contributed by atoms with Crippen molar-refractivity contribution < 1.29 is 0 Å². The molecule has 0 fully saturated rings. The van der Waals surface area contributed by atoms with Crippen molar-refractivity contribution in [3.8, 4) is 0 Å². The summed E-state index contributed by atoms with van der Waals surface area (Å²) in [5.41, 5.74) is 0. The number of benzene rings is 3. The third-order valence-corrected chi connectivity index (χ3v) is 10.4. The SMILES string of the molecule is [Se][P+](c1ccccc1)(c1ccccc1)c1ccccc1. The monoisotopic (exact) mass is 342 g/mol. The van der Waals surface area contributed by atoms with Crippen molar-refractivity contribution >= 4 is 37.4 Å². The summed E-state index contributed by atoms with van der Waals surface area (Å²) < 4.78 is 0. The molecular weight excluding hydrogens is 326 g/mol. The topological polar surface area (TPSA) is 0 Å². The average Bonchev–Trinajstić information content (AvgIpc) is 2.56. The van der Waals surface area contributed by atoms with E-state index in [1.54, 1.807) is 0 Å². The molecule has 2 heteroatoms. The van der Waals surface area contributed by atoms with Crippen molar-refractivity contribution in [3.63, 3.8) is 0 Å². The van der Waals surface area contributed by atoms with Crippen molar-refractivity contribution in [2.75, 3.05) is 0 Å². The second-order valence-electron chi connectivity index (χ2n) is 4.62. The summed E-state index contributed by atoms with van der Waals surface area (Å²) >= 11 is 3.55. The Bertz CT molecular complexity index is 569. The van der Waals surface area contributed by atoms with Gasteiger partial charge in [0.2, 0.25) is 0 Å². The van der Waals surface area contributed by atoms with Crippen LogP contribution in [0.3, 0.4) is 0 Å². The molecule has 0 amide bonds. The molecule has 3 aromatic carbocycles. The van der Waals surface area contributed by atoms with Crippen LogP contribution in [-0.4, -0.2) is 15.6 Å². The molecule has 1 radical (unpaired) electrons. The number of hydrogen-bond acceptors (Lipinski definition) is 0. The minimum absolute atomic E-state index is 1.37. The van der Waals surface area contributed by atoms with E-state index in [9.17, 15) is 0 Å². The van der Waals surface area contributed by atoms with E-state index < -0.39 is 5.95 Å². The van der Waals surface area contributed by atoms with E-state index in [0.717, 1.165) is 0 Å². The molecule has 0 saturated carbocycles. The maximum atomic E-state index is 3.55. The van der Waals surface area contributed by atoms with E-state index in [4.69, 9.17) is 0 Å². The van der Waals surface area contributed by atoms with Crippen LogP contribution < -0.4 is 15.9 Å². The predicted octanol–water partition coefficient (Wildman–Crippen LogP) is 3.06. The first-order chi connectivity index (χ1) is 9.82. The normalized spacial score (nSPS) is 11.2. The fourth-order valence-electron chi connectivity index (χ4n) is 2.36. The van der Waals surface area contributed by atoms with Gasteiger partial charge in [-0.1, -0.05) is 0 Å². The Labute approximate surface area is 128 Å². The summed E-state index contributed by atoms with van der Waals surface area (Å²) in [6.45, 7) is 0. The molecule has 0 unspecified atom stereocenters. The van der Waals surface area contributed by atoms with Gasteiger partial charge in [0, 0.05) is 0 Å². The van der Waals surface area contributed by atoms with Crippen LogP contribution in [0, 0.1) is 0 Å². The molecule has 97 valence electrons. The summed E-state index contributed by atoms with van der Waals surface area (Å²) in [6.07, 6.45) is 0. The van der Waals surface area contributed by atoms with E-state index >= 15 is 0 Å². The van der Waals surface area contributed by atoms with Crippen LogP contribution in [0.1, 0.15) is 0 Å². The Morgan fingerprint density at radius 1 is 0.450 bits per heavy atom. The Hall–Kier alpha value is -1.39. The molecule has 0 saturated heterocycles.